The van der Waals surface area contributed by atoms with E-state index in [1.165, 1.54) is 0 Å². The van der Waals surface area contributed by atoms with Gasteiger partial charge < -0.3 is 0 Å². The molecule has 0 bridgehead atoms. The Kier molecular flexibility index (Phi) is 4.00. The van der Waals surface area contributed by atoms with Gasteiger partial charge in [-0.25, -0.2) is 13.0 Å². The van der Waals surface area contributed by atoms with E-state index in [-0.39, 0.29) is 11.4 Å². The van der Waals surface area contributed by atoms with Crippen LogP contribution in [0.2, 0.25) is 0 Å². The topological polar surface area (TPSA) is 29.1 Å². The van der Waals surface area contributed by atoms with Crippen molar-refractivity contribution in [3.8, 4) is 0 Å². The van der Waals surface area contributed by atoms with Gasteiger partial charge in [-0.2, -0.15) is 0 Å². The van der Waals surface area contributed by atoms with Crippen molar-refractivity contribution in [3.63, 3.8) is 0 Å². The minimum Gasteiger partial charge on any atom is -0.300 e. The van der Waals surface area contributed by atoms with Crippen molar-refractivity contribution in [3.05, 3.63) is 28.2 Å². The first-order chi connectivity index (χ1) is 6.54. The van der Waals surface area contributed by atoms with Gasteiger partial charge in [-0.15, -0.1) is 0 Å². The summed E-state index contributed by atoms with van der Waals surface area (Å²) in [6, 6.07) is 2.22. The zero-order valence-electron chi connectivity index (χ0n) is 7.31. The van der Waals surface area contributed by atoms with Gasteiger partial charge in [0.15, 0.2) is 11.6 Å². The second-order valence-electron chi connectivity index (χ2n) is 2.48. The second kappa shape index (κ2) is 4.84. The minimum absolute atomic E-state index is 0.287. The monoisotopic (exact) mass is 283 g/mol. The number of anilines is 1. The maximum Gasteiger partial charge on any atom is 0.151 e. The van der Waals surface area contributed by atoms with Gasteiger partial charge in [-0.05, 0) is 12.1 Å². The van der Waals surface area contributed by atoms with Crippen molar-refractivity contribution in [2.45, 2.75) is 6.92 Å². The molecular weight excluding hydrogens is 276 g/mol. The van der Waals surface area contributed by atoms with Crippen LogP contribution in [0.3, 0.4) is 0 Å². The van der Waals surface area contributed by atoms with E-state index < -0.39 is 22.6 Å². The molecule has 1 N–H and O–H groups in total. The predicted octanol–water partition coefficient (Wildman–Crippen LogP) is 2.82. The van der Waals surface area contributed by atoms with Gasteiger partial charge >= 0.3 is 0 Å². The molecule has 6 heteroatoms. The quantitative estimate of drug-likeness (QED) is 0.908. The molecule has 1 aromatic rings. The zero-order valence-corrected chi connectivity index (χ0v) is 9.71. The van der Waals surface area contributed by atoms with Crippen LogP contribution >= 0.6 is 15.9 Å². The van der Waals surface area contributed by atoms with Crippen LogP contribution in [0, 0.1) is 11.6 Å². The highest BCUT2D eigenvalue weighted by Gasteiger charge is 2.11. The molecule has 1 atom stereocenters. The van der Waals surface area contributed by atoms with Gasteiger partial charge in [0.1, 0.15) is 16.7 Å². The first-order valence-electron chi connectivity index (χ1n) is 3.84. The molecule has 2 nitrogen and oxygen atoms in total. The number of rotatable bonds is 3. The van der Waals surface area contributed by atoms with E-state index in [0.29, 0.717) is 4.47 Å². The first-order valence-corrected chi connectivity index (χ1v) is 5.95. The molecule has 78 valence electrons. The lowest BCUT2D eigenvalue weighted by molar-refractivity contribution is 0.589. The molecule has 0 aliphatic rings. The third-order valence-corrected chi connectivity index (χ3v) is 2.90. The van der Waals surface area contributed by atoms with Crippen molar-refractivity contribution in [2.75, 3.05) is 10.5 Å². The molecule has 1 unspecified atom stereocenters. The Bertz CT molecular complexity index is 349. The average molecular weight is 284 g/mol. The Labute approximate surface area is 91.4 Å². The summed E-state index contributed by atoms with van der Waals surface area (Å²) in [5.41, 5.74) is -0.353. The zero-order chi connectivity index (χ0) is 10.7. The molecule has 0 fully saturated rings. The Morgan fingerprint density at radius 1 is 1.43 bits per heavy atom. The molecule has 0 aliphatic heterocycles. The summed E-state index contributed by atoms with van der Waals surface area (Å²) in [5, 5.41) is 0. The highest BCUT2D eigenvalue weighted by atomic mass is 79.9. The molecule has 0 aromatic heterocycles. The van der Waals surface area contributed by atoms with Gasteiger partial charge in [0.2, 0.25) is 0 Å². The van der Waals surface area contributed by atoms with E-state index in [1.807, 2.05) is 0 Å². The van der Waals surface area contributed by atoms with Crippen LogP contribution in [-0.4, -0.2) is 9.96 Å². The molecule has 0 heterocycles. The molecule has 1 rings (SSSR count). The highest BCUT2D eigenvalue weighted by Crippen LogP contribution is 2.23. The van der Waals surface area contributed by atoms with Crippen molar-refractivity contribution >= 4 is 32.6 Å². The molecule has 0 aliphatic carbocycles. The normalized spacial score (nSPS) is 12.6. The number of hydrogen-bond acceptors (Lipinski definition) is 1. The van der Waals surface area contributed by atoms with Gasteiger partial charge in [-0.1, -0.05) is 22.9 Å². The van der Waals surface area contributed by atoms with Crippen molar-refractivity contribution < 1.29 is 13.0 Å². The Morgan fingerprint density at radius 2 is 1.93 bits per heavy atom. The lowest BCUT2D eigenvalue weighted by Crippen LogP contribution is -2.09. The molecule has 14 heavy (non-hydrogen) atoms. The summed E-state index contributed by atoms with van der Waals surface area (Å²) in [4.78, 5) is 0. The van der Waals surface area contributed by atoms with E-state index in [0.717, 1.165) is 12.1 Å². The molecule has 0 radical (unpaired) electrons. The summed E-state index contributed by atoms with van der Waals surface area (Å²) in [6.07, 6.45) is 0. The van der Waals surface area contributed by atoms with Crippen LogP contribution in [0.15, 0.2) is 16.6 Å². The first kappa shape index (κ1) is 11.6. The smallest absolute Gasteiger partial charge is 0.151 e. The van der Waals surface area contributed by atoms with Gasteiger partial charge in [-0.3, -0.25) is 4.72 Å². The Morgan fingerprint density at radius 3 is 2.36 bits per heavy atom. The molecular formula is C8H8BrF2NOS. The predicted molar refractivity (Wildman–Crippen MR) is 56.4 cm³/mol. The third-order valence-electron chi connectivity index (χ3n) is 1.48. The summed E-state index contributed by atoms with van der Waals surface area (Å²) >= 11 is 2.95. The Hall–Kier alpha value is -0.490. The SMILES string of the molecule is CCS(=O)Nc1c(F)cc(Br)cc1F. The molecule has 0 spiro atoms. The van der Waals surface area contributed by atoms with Crippen molar-refractivity contribution in [1.29, 1.82) is 0 Å². The van der Waals surface area contributed by atoms with Crippen LogP contribution in [0.25, 0.3) is 0 Å². The minimum atomic E-state index is -1.45. The number of hydrogen-bond donors (Lipinski definition) is 1. The molecule has 0 saturated heterocycles. The lowest BCUT2D eigenvalue weighted by Gasteiger charge is -2.07. The van der Waals surface area contributed by atoms with E-state index in [2.05, 4.69) is 20.7 Å². The van der Waals surface area contributed by atoms with Crippen molar-refractivity contribution in [1.82, 2.24) is 0 Å². The van der Waals surface area contributed by atoms with Crippen LogP contribution in [0.1, 0.15) is 6.92 Å². The standard InChI is InChI=1S/C8H8BrF2NOS/c1-2-14(13)12-8-6(10)3-5(9)4-7(8)11/h3-4,12H,2H2,1H3. The van der Waals surface area contributed by atoms with E-state index in [4.69, 9.17) is 0 Å². The summed E-state index contributed by atoms with van der Waals surface area (Å²) < 4.78 is 39.9. The van der Waals surface area contributed by atoms with Gasteiger partial charge in [0, 0.05) is 10.2 Å². The number of benzene rings is 1. The molecule has 1 aromatic carbocycles. The van der Waals surface area contributed by atoms with Gasteiger partial charge in [0.25, 0.3) is 0 Å². The van der Waals surface area contributed by atoms with Gasteiger partial charge in [0.05, 0.1) is 0 Å². The maximum absolute atomic E-state index is 13.1. The highest BCUT2D eigenvalue weighted by molar-refractivity contribution is 9.10. The van der Waals surface area contributed by atoms with E-state index in [1.54, 1.807) is 6.92 Å². The Balaban J connectivity index is 3.02. The fourth-order valence-corrected chi connectivity index (χ4v) is 1.79. The summed E-state index contributed by atoms with van der Waals surface area (Å²) in [7, 11) is -1.45. The fourth-order valence-electron chi connectivity index (χ4n) is 0.826. The third kappa shape index (κ3) is 2.75. The molecule has 0 amide bonds. The lowest BCUT2D eigenvalue weighted by atomic mass is 10.3. The van der Waals surface area contributed by atoms with Crippen LogP contribution < -0.4 is 4.72 Å². The summed E-state index contributed by atoms with van der Waals surface area (Å²) in [6.45, 7) is 1.65. The van der Waals surface area contributed by atoms with E-state index in [9.17, 15) is 13.0 Å². The maximum atomic E-state index is 13.1. The van der Waals surface area contributed by atoms with Crippen LogP contribution in [-0.2, 0) is 11.0 Å². The number of nitrogens with one attached hydrogen (secondary N) is 1. The largest absolute Gasteiger partial charge is 0.300 e. The van der Waals surface area contributed by atoms with Crippen LogP contribution in [0.4, 0.5) is 14.5 Å². The average Bonchev–Trinajstić information content (AvgIpc) is 2.10. The second-order valence-corrected chi connectivity index (χ2v) is 4.87. The fraction of sp³-hybridized carbons (Fsp3) is 0.250. The molecule has 0 saturated carbocycles. The van der Waals surface area contributed by atoms with Crippen molar-refractivity contribution in [2.24, 2.45) is 0 Å². The van der Waals surface area contributed by atoms with E-state index >= 15 is 0 Å². The summed E-state index contributed by atoms with van der Waals surface area (Å²) in [5.74, 6) is -1.24. The number of halogens is 3. The van der Waals surface area contributed by atoms with Crippen LogP contribution in [0.5, 0.6) is 0 Å².